The first-order valence-corrected chi connectivity index (χ1v) is 7.58. The van der Waals surface area contributed by atoms with Crippen molar-refractivity contribution in [1.82, 2.24) is 4.72 Å². The number of sulfonamides is 1. The van der Waals surface area contributed by atoms with Gasteiger partial charge in [-0.3, -0.25) is 0 Å². The molecule has 1 rings (SSSR count). The molecule has 0 aliphatic rings. The van der Waals surface area contributed by atoms with Gasteiger partial charge in [-0.25, -0.2) is 13.1 Å². The monoisotopic (exact) mass is 295 g/mol. The van der Waals surface area contributed by atoms with Crippen LogP contribution in [0.4, 0.5) is 0 Å². The Balaban J connectivity index is 2.91. The van der Waals surface area contributed by atoms with E-state index in [1.807, 2.05) is 0 Å². The quantitative estimate of drug-likeness (QED) is 0.788. The van der Waals surface area contributed by atoms with Crippen molar-refractivity contribution in [3.63, 3.8) is 0 Å². The lowest BCUT2D eigenvalue weighted by atomic mass is 10.2. The molecular formula is C10H14ClNO3S2. The Morgan fingerprint density at radius 3 is 2.76 bits per heavy atom. The Labute approximate surface area is 110 Å². The molecule has 0 aliphatic carbocycles. The molecule has 0 fully saturated rings. The molecule has 0 spiro atoms. The van der Waals surface area contributed by atoms with Crippen molar-refractivity contribution in [2.45, 2.75) is 23.6 Å². The number of hydrogen-bond donors (Lipinski definition) is 2. The van der Waals surface area contributed by atoms with Crippen LogP contribution >= 0.6 is 22.9 Å². The van der Waals surface area contributed by atoms with Crippen molar-refractivity contribution in [1.29, 1.82) is 0 Å². The van der Waals surface area contributed by atoms with Gasteiger partial charge in [0.1, 0.15) is 4.21 Å². The normalized spacial score (nSPS) is 13.6. The molecule has 0 aliphatic heterocycles. The summed E-state index contributed by atoms with van der Waals surface area (Å²) >= 11 is 6.83. The van der Waals surface area contributed by atoms with Crippen molar-refractivity contribution in [3.8, 4) is 0 Å². The van der Waals surface area contributed by atoms with Crippen LogP contribution in [0.2, 0.25) is 4.34 Å². The Hall–Kier alpha value is -0.400. The first-order valence-electron chi connectivity index (χ1n) is 4.90. The maximum atomic E-state index is 11.9. The van der Waals surface area contributed by atoms with Crippen molar-refractivity contribution >= 4 is 33.0 Å². The first-order chi connectivity index (χ1) is 7.90. The summed E-state index contributed by atoms with van der Waals surface area (Å²) < 4.78 is 26.9. The Bertz CT molecular complexity index is 476. The second-order valence-corrected chi connectivity index (χ2v) is 7.14. The molecule has 17 heavy (non-hydrogen) atoms. The predicted octanol–water partition coefficient (Wildman–Crippen LogP) is 1.93. The number of aliphatic hydroxyl groups excluding tert-OH is 1. The maximum Gasteiger partial charge on any atom is 0.250 e. The van der Waals surface area contributed by atoms with Gasteiger partial charge in [-0.2, -0.15) is 0 Å². The summed E-state index contributed by atoms with van der Waals surface area (Å²) in [7, 11) is -3.62. The molecule has 0 amide bonds. The van der Waals surface area contributed by atoms with Crippen molar-refractivity contribution in [2.75, 3.05) is 6.61 Å². The molecule has 0 radical (unpaired) electrons. The second kappa shape index (κ2) is 5.97. The number of hydrogen-bond acceptors (Lipinski definition) is 4. The van der Waals surface area contributed by atoms with Crippen LogP contribution in [0.1, 0.15) is 12.0 Å². The minimum Gasteiger partial charge on any atom is -0.395 e. The predicted molar refractivity (Wildman–Crippen MR) is 70.1 cm³/mol. The third-order valence-corrected chi connectivity index (χ3v) is 5.64. The van der Waals surface area contributed by atoms with E-state index in [0.29, 0.717) is 10.8 Å². The number of nitrogens with one attached hydrogen (secondary N) is 1. The molecule has 0 unspecified atom stereocenters. The third kappa shape index (κ3) is 3.79. The van der Waals surface area contributed by atoms with Gasteiger partial charge in [-0.15, -0.1) is 17.9 Å². The summed E-state index contributed by atoms with van der Waals surface area (Å²) in [5, 5.41) is 9.03. The van der Waals surface area contributed by atoms with Gasteiger partial charge in [0.25, 0.3) is 0 Å². The lowest BCUT2D eigenvalue weighted by molar-refractivity contribution is 0.257. The van der Waals surface area contributed by atoms with Crippen LogP contribution < -0.4 is 4.72 Å². The maximum absolute atomic E-state index is 11.9. The standard InChI is InChI=1S/C10H14ClNO3S2/c1-3-4-8(6-13)12-17(14,15)9-5-7(2)10(11)16-9/h3,5,8,12-13H,1,4,6H2,2H3/t8-/m0/s1. The van der Waals surface area contributed by atoms with Crippen molar-refractivity contribution < 1.29 is 13.5 Å². The van der Waals surface area contributed by atoms with Gasteiger partial charge in [-0.1, -0.05) is 17.7 Å². The summed E-state index contributed by atoms with van der Waals surface area (Å²) in [4.78, 5) is 0. The zero-order chi connectivity index (χ0) is 13.1. The molecule has 2 N–H and O–H groups in total. The molecule has 4 nitrogen and oxygen atoms in total. The molecule has 1 atom stereocenters. The molecule has 96 valence electrons. The summed E-state index contributed by atoms with van der Waals surface area (Å²) in [5.74, 6) is 0. The number of rotatable bonds is 6. The Morgan fingerprint density at radius 2 is 2.35 bits per heavy atom. The number of thiophene rings is 1. The lowest BCUT2D eigenvalue weighted by Gasteiger charge is -2.13. The minimum atomic E-state index is -3.62. The first kappa shape index (κ1) is 14.7. The average Bonchev–Trinajstić information content (AvgIpc) is 2.59. The fraction of sp³-hybridized carbons (Fsp3) is 0.400. The van der Waals surface area contributed by atoms with Gasteiger partial charge in [0.05, 0.1) is 10.9 Å². The van der Waals surface area contributed by atoms with E-state index in [9.17, 15) is 8.42 Å². The van der Waals surface area contributed by atoms with E-state index < -0.39 is 16.1 Å². The Morgan fingerprint density at radius 1 is 1.71 bits per heavy atom. The third-order valence-electron chi connectivity index (χ3n) is 2.09. The van der Waals surface area contributed by atoms with Crippen LogP contribution in [0.3, 0.4) is 0 Å². The van der Waals surface area contributed by atoms with Gasteiger partial charge in [0.15, 0.2) is 0 Å². The summed E-state index contributed by atoms with van der Waals surface area (Å²) in [5.41, 5.74) is 0.723. The summed E-state index contributed by atoms with van der Waals surface area (Å²) in [6, 6.07) is 0.955. The second-order valence-electron chi connectivity index (χ2n) is 3.55. The largest absolute Gasteiger partial charge is 0.395 e. The number of aryl methyl sites for hydroxylation is 1. The van der Waals surface area contributed by atoms with Crippen molar-refractivity contribution in [2.24, 2.45) is 0 Å². The van der Waals surface area contributed by atoms with E-state index >= 15 is 0 Å². The van der Waals surface area contributed by atoms with E-state index in [4.69, 9.17) is 16.7 Å². The highest BCUT2D eigenvalue weighted by atomic mass is 35.5. The molecule has 1 heterocycles. The average molecular weight is 296 g/mol. The zero-order valence-corrected chi connectivity index (χ0v) is 11.7. The molecule has 1 aromatic rings. The van der Waals surface area contributed by atoms with E-state index in [2.05, 4.69) is 11.3 Å². The van der Waals surface area contributed by atoms with Crippen LogP contribution in [0.15, 0.2) is 22.9 Å². The molecule has 0 saturated heterocycles. The highest BCUT2D eigenvalue weighted by Gasteiger charge is 2.21. The van der Waals surface area contributed by atoms with Gasteiger partial charge >= 0.3 is 0 Å². The Kier molecular flexibility index (Phi) is 5.15. The topological polar surface area (TPSA) is 66.4 Å². The molecule has 1 aromatic heterocycles. The van der Waals surface area contributed by atoms with Crippen LogP contribution in [0, 0.1) is 6.92 Å². The molecule has 0 aromatic carbocycles. The highest BCUT2D eigenvalue weighted by Crippen LogP contribution is 2.30. The van der Waals surface area contributed by atoms with Gasteiger partial charge < -0.3 is 5.11 Å². The fourth-order valence-corrected chi connectivity index (χ4v) is 4.17. The fourth-order valence-electron chi connectivity index (χ4n) is 1.20. The van der Waals surface area contributed by atoms with E-state index in [1.165, 1.54) is 6.07 Å². The molecule has 7 heteroatoms. The van der Waals surface area contributed by atoms with Gasteiger partial charge in [0.2, 0.25) is 10.0 Å². The summed E-state index contributed by atoms with van der Waals surface area (Å²) in [6.07, 6.45) is 1.92. The van der Waals surface area contributed by atoms with Gasteiger partial charge in [0, 0.05) is 6.04 Å². The number of aliphatic hydroxyl groups is 1. The van der Waals surface area contributed by atoms with Crippen LogP contribution in [0.5, 0.6) is 0 Å². The van der Waals surface area contributed by atoms with Crippen molar-refractivity contribution in [3.05, 3.63) is 28.6 Å². The zero-order valence-electron chi connectivity index (χ0n) is 9.31. The van der Waals surface area contributed by atoms with E-state index in [1.54, 1.807) is 13.0 Å². The summed E-state index contributed by atoms with van der Waals surface area (Å²) in [6.45, 7) is 4.97. The smallest absolute Gasteiger partial charge is 0.250 e. The van der Waals surface area contributed by atoms with E-state index in [0.717, 1.165) is 16.9 Å². The van der Waals surface area contributed by atoms with Crippen LogP contribution in [-0.4, -0.2) is 26.2 Å². The van der Waals surface area contributed by atoms with E-state index in [-0.39, 0.29) is 10.8 Å². The highest BCUT2D eigenvalue weighted by molar-refractivity contribution is 7.91. The molecular weight excluding hydrogens is 282 g/mol. The van der Waals surface area contributed by atoms with Crippen LogP contribution in [0.25, 0.3) is 0 Å². The van der Waals surface area contributed by atoms with Crippen LogP contribution in [-0.2, 0) is 10.0 Å². The lowest BCUT2D eigenvalue weighted by Crippen LogP contribution is -2.36. The SMILES string of the molecule is C=CC[C@@H](CO)NS(=O)(=O)c1cc(C)c(Cl)s1. The molecule has 0 bridgehead atoms. The number of halogens is 1. The molecule has 0 saturated carbocycles. The minimum absolute atomic E-state index is 0.155. The van der Waals surface area contributed by atoms with Gasteiger partial charge in [-0.05, 0) is 25.0 Å².